The maximum atomic E-state index is 12.8. The number of amides is 1. The number of furan rings is 1. The van der Waals surface area contributed by atoms with Crippen LogP contribution in [-0.4, -0.2) is 35.0 Å². The van der Waals surface area contributed by atoms with Gasteiger partial charge >= 0.3 is 5.97 Å². The summed E-state index contributed by atoms with van der Waals surface area (Å²) in [5, 5.41) is 9.20. The molecule has 1 unspecified atom stereocenters. The lowest BCUT2D eigenvalue weighted by Gasteiger charge is -2.32. The predicted molar refractivity (Wildman–Crippen MR) is 106 cm³/mol. The fourth-order valence-corrected chi connectivity index (χ4v) is 4.30. The average molecular weight is 381 g/mol. The smallest absolute Gasteiger partial charge is 0.307 e. The zero-order chi connectivity index (χ0) is 20.1. The van der Waals surface area contributed by atoms with E-state index in [4.69, 9.17) is 4.42 Å². The van der Waals surface area contributed by atoms with Gasteiger partial charge in [0.05, 0.1) is 5.92 Å². The van der Waals surface area contributed by atoms with E-state index >= 15 is 0 Å². The molecule has 2 heterocycles. The van der Waals surface area contributed by atoms with Crippen LogP contribution in [0.5, 0.6) is 0 Å². The van der Waals surface area contributed by atoms with Gasteiger partial charge in [0, 0.05) is 18.7 Å². The van der Waals surface area contributed by atoms with Crippen molar-refractivity contribution in [3.8, 4) is 11.3 Å². The highest BCUT2D eigenvalue weighted by Crippen LogP contribution is 2.59. The van der Waals surface area contributed by atoms with Crippen LogP contribution in [0.25, 0.3) is 11.3 Å². The third kappa shape index (κ3) is 3.34. The molecule has 1 N–H and O–H groups in total. The van der Waals surface area contributed by atoms with Gasteiger partial charge in [0.2, 0.25) is 0 Å². The summed E-state index contributed by atoms with van der Waals surface area (Å²) < 4.78 is 5.85. The molecule has 4 rings (SSSR count). The van der Waals surface area contributed by atoms with Crippen molar-refractivity contribution < 1.29 is 19.1 Å². The molecule has 1 spiro atoms. The molecule has 148 valence electrons. The second kappa shape index (κ2) is 6.50. The normalized spacial score (nSPS) is 21.0. The van der Waals surface area contributed by atoms with Crippen molar-refractivity contribution in [1.82, 2.24) is 4.90 Å². The molecule has 1 amide bonds. The quantitative estimate of drug-likeness (QED) is 0.845. The summed E-state index contributed by atoms with van der Waals surface area (Å²) in [5.74, 6) is -0.00856. The van der Waals surface area contributed by atoms with Gasteiger partial charge in [-0.25, -0.2) is 0 Å². The Bertz CT molecular complexity index is 895. The first-order valence-electron chi connectivity index (χ1n) is 9.92. The number of benzene rings is 1. The van der Waals surface area contributed by atoms with E-state index in [0.717, 1.165) is 24.8 Å². The highest BCUT2D eigenvalue weighted by molar-refractivity contribution is 5.92. The molecule has 1 aromatic carbocycles. The van der Waals surface area contributed by atoms with E-state index in [0.29, 0.717) is 24.6 Å². The number of nitrogens with zero attached hydrogens (tertiary/aromatic N) is 1. The lowest BCUT2D eigenvalue weighted by Crippen LogP contribution is -2.39. The predicted octanol–water partition coefficient (Wildman–Crippen LogP) is 4.57. The largest absolute Gasteiger partial charge is 0.481 e. The minimum atomic E-state index is -0.701. The first-order chi connectivity index (χ1) is 13.2. The number of rotatable bonds is 3. The maximum Gasteiger partial charge on any atom is 0.307 e. The summed E-state index contributed by atoms with van der Waals surface area (Å²) in [5.41, 5.74) is 2.22. The Morgan fingerprint density at radius 2 is 1.71 bits per heavy atom. The summed E-state index contributed by atoms with van der Waals surface area (Å²) in [7, 11) is 0. The minimum Gasteiger partial charge on any atom is -0.481 e. The van der Waals surface area contributed by atoms with Crippen molar-refractivity contribution in [3.63, 3.8) is 0 Å². The molecule has 1 aromatic heterocycles. The van der Waals surface area contributed by atoms with Crippen LogP contribution in [0.3, 0.4) is 0 Å². The van der Waals surface area contributed by atoms with Crippen LogP contribution in [0, 0.1) is 11.3 Å². The monoisotopic (exact) mass is 381 g/mol. The maximum absolute atomic E-state index is 12.8. The van der Waals surface area contributed by atoms with Crippen molar-refractivity contribution >= 4 is 11.9 Å². The molecule has 1 saturated heterocycles. The van der Waals surface area contributed by atoms with E-state index in [1.807, 2.05) is 18.2 Å². The second-order valence-electron chi connectivity index (χ2n) is 9.24. The average Bonchev–Trinajstić information content (AvgIpc) is 3.14. The van der Waals surface area contributed by atoms with E-state index in [2.05, 4.69) is 32.9 Å². The number of hydrogen-bond donors (Lipinski definition) is 1. The van der Waals surface area contributed by atoms with Crippen LogP contribution in [-0.2, 0) is 10.2 Å². The van der Waals surface area contributed by atoms with Gasteiger partial charge in [0.1, 0.15) is 5.76 Å². The molecule has 5 heteroatoms. The van der Waals surface area contributed by atoms with Crippen LogP contribution < -0.4 is 0 Å². The molecule has 0 radical (unpaired) electrons. The van der Waals surface area contributed by atoms with Crippen LogP contribution >= 0.6 is 0 Å². The van der Waals surface area contributed by atoms with Crippen molar-refractivity contribution in [2.75, 3.05) is 13.1 Å². The molecule has 0 bridgehead atoms. The third-order valence-electron chi connectivity index (χ3n) is 6.39. The van der Waals surface area contributed by atoms with Crippen molar-refractivity contribution in [3.05, 3.63) is 47.7 Å². The van der Waals surface area contributed by atoms with Gasteiger partial charge in [0.25, 0.3) is 5.91 Å². The Hall–Kier alpha value is -2.56. The Kier molecular flexibility index (Phi) is 4.36. The van der Waals surface area contributed by atoms with E-state index in [9.17, 15) is 14.7 Å². The summed E-state index contributed by atoms with van der Waals surface area (Å²) in [6.07, 6.45) is 2.27. The van der Waals surface area contributed by atoms with Crippen molar-refractivity contribution in [2.45, 2.75) is 45.4 Å². The molecule has 5 nitrogen and oxygen atoms in total. The van der Waals surface area contributed by atoms with E-state index in [1.54, 1.807) is 11.0 Å². The number of piperidine rings is 1. The van der Waals surface area contributed by atoms with Gasteiger partial charge in [-0.3, -0.25) is 9.59 Å². The standard InChI is InChI=1S/C23H27NO4/c1-22(2,3)16-6-4-15(5-7-16)18-8-9-19(28-18)20(25)24-12-10-23(11-13-24)14-17(23)21(26)27/h4-9,17H,10-14H2,1-3H3,(H,26,27). The zero-order valence-electron chi connectivity index (χ0n) is 16.7. The highest BCUT2D eigenvalue weighted by Gasteiger charge is 2.59. The van der Waals surface area contributed by atoms with Crippen LogP contribution in [0.2, 0.25) is 0 Å². The van der Waals surface area contributed by atoms with Gasteiger partial charge in [0.15, 0.2) is 5.76 Å². The number of aliphatic carboxylic acids is 1. The molecule has 2 aromatic rings. The summed E-state index contributed by atoms with van der Waals surface area (Å²) in [6, 6.07) is 11.8. The van der Waals surface area contributed by atoms with Gasteiger partial charge in [-0.15, -0.1) is 0 Å². The van der Waals surface area contributed by atoms with E-state index < -0.39 is 5.97 Å². The third-order valence-corrected chi connectivity index (χ3v) is 6.39. The van der Waals surface area contributed by atoms with Crippen LogP contribution in [0.1, 0.15) is 56.2 Å². The summed E-state index contributed by atoms with van der Waals surface area (Å²) >= 11 is 0. The fraction of sp³-hybridized carbons (Fsp3) is 0.478. The van der Waals surface area contributed by atoms with Crippen molar-refractivity contribution in [1.29, 1.82) is 0 Å². The van der Waals surface area contributed by atoms with E-state index in [-0.39, 0.29) is 22.7 Å². The molecular weight excluding hydrogens is 354 g/mol. The number of likely N-dealkylation sites (tertiary alicyclic amines) is 1. The minimum absolute atomic E-state index is 0.0776. The summed E-state index contributed by atoms with van der Waals surface area (Å²) in [6.45, 7) is 7.72. The number of carboxylic acid groups (broad SMARTS) is 1. The molecule has 2 fully saturated rings. The van der Waals surface area contributed by atoms with E-state index in [1.165, 1.54) is 5.56 Å². The van der Waals surface area contributed by atoms with Crippen LogP contribution in [0.4, 0.5) is 0 Å². The molecule has 1 atom stereocenters. The van der Waals surface area contributed by atoms with Crippen LogP contribution in [0.15, 0.2) is 40.8 Å². The molecular formula is C23H27NO4. The Balaban J connectivity index is 1.42. The van der Waals surface area contributed by atoms with Gasteiger partial charge in [-0.2, -0.15) is 0 Å². The number of hydrogen-bond acceptors (Lipinski definition) is 3. The first kappa shape index (κ1) is 18.8. The van der Waals surface area contributed by atoms with Gasteiger partial charge < -0.3 is 14.4 Å². The Morgan fingerprint density at radius 3 is 2.25 bits per heavy atom. The first-order valence-corrected chi connectivity index (χ1v) is 9.92. The summed E-state index contributed by atoms with van der Waals surface area (Å²) in [4.78, 5) is 25.8. The van der Waals surface area contributed by atoms with Gasteiger partial charge in [-0.1, -0.05) is 45.0 Å². The Morgan fingerprint density at radius 1 is 1.07 bits per heavy atom. The molecule has 1 aliphatic carbocycles. The number of carboxylic acids is 1. The fourth-order valence-electron chi connectivity index (χ4n) is 4.30. The molecule has 2 aliphatic rings. The zero-order valence-corrected chi connectivity index (χ0v) is 16.7. The van der Waals surface area contributed by atoms with Gasteiger partial charge in [-0.05, 0) is 47.8 Å². The Labute approximate surface area is 165 Å². The second-order valence-corrected chi connectivity index (χ2v) is 9.24. The number of carbonyl (C=O) groups is 2. The molecule has 1 saturated carbocycles. The van der Waals surface area contributed by atoms with Crippen molar-refractivity contribution in [2.24, 2.45) is 11.3 Å². The topological polar surface area (TPSA) is 70.8 Å². The molecule has 28 heavy (non-hydrogen) atoms. The SMILES string of the molecule is CC(C)(C)c1ccc(-c2ccc(C(=O)N3CCC4(CC3)CC4C(=O)O)o2)cc1. The molecule has 1 aliphatic heterocycles. The lowest BCUT2D eigenvalue weighted by molar-refractivity contribution is -0.139. The number of carbonyl (C=O) groups excluding carboxylic acids is 1. The lowest BCUT2D eigenvalue weighted by atomic mass is 9.86. The highest BCUT2D eigenvalue weighted by atomic mass is 16.4.